The van der Waals surface area contributed by atoms with E-state index in [0.29, 0.717) is 5.92 Å². The van der Waals surface area contributed by atoms with E-state index in [0.717, 1.165) is 25.1 Å². The van der Waals surface area contributed by atoms with Crippen molar-refractivity contribution >= 4 is 5.91 Å². The number of hydrogen-bond acceptors (Lipinski definition) is 1. The minimum absolute atomic E-state index is 0.176. The highest BCUT2D eigenvalue weighted by Gasteiger charge is 2.23. The molecule has 0 unspecified atom stereocenters. The summed E-state index contributed by atoms with van der Waals surface area (Å²) in [4.78, 5) is 13.9. The van der Waals surface area contributed by atoms with E-state index in [1.807, 2.05) is 35.2 Å². The third-order valence-corrected chi connectivity index (χ3v) is 2.73. The second-order valence-corrected chi connectivity index (χ2v) is 4.01. The van der Waals surface area contributed by atoms with Gasteiger partial charge < -0.3 is 4.90 Å². The molecular weight excluding hydrogens is 174 g/mol. The second kappa shape index (κ2) is 3.82. The van der Waals surface area contributed by atoms with Crippen LogP contribution in [0.1, 0.15) is 23.7 Å². The zero-order valence-corrected chi connectivity index (χ0v) is 8.44. The molecule has 1 atom stereocenters. The number of amides is 1. The number of likely N-dealkylation sites (tertiary alicyclic amines) is 1. The fourth-order valence-corrected chi connectivity index (χ4v) is 1.88. The van der Waals surface area contributed by atoms with Crippen molar-refractivity contribution in [3.63, 3.8) is 0 Å². The van der Waals surface area contributed by atoms with Gasteiger partial charge in [-0.05, 0) is 24.5 Å². The molecule has 0 saturated carbocycles. The number of hydrogen-bond donors (Lipinski definition) is 0. The molecule has 1 aliphatic heterocycles. The molecule has 1 aromatic rings. The van der Waals surface area contributed by atoms with E-state index < -0.39 is 0 Å². The first-order valence-corrected chi connectivity index (χ1v) is 5.11. The Bertz CT molecular complexity index is 320. The third kappa shape index (κ3) is 1.79. The van der Waals surface area contributed by atoms with Gasteiger partial charge in [-0.25, -0.2) is 0 Å². The second-order valence-electron chi connectivity index (χ2n) is 4.01. The summed E-state index contributed by atoms with van der Waals surface area (Å²) in [5.41, 5.74) is 0.807. The van der Waals surface area contributed by atoms with Crippen LogP contribution in [0.4, 0.5) is 0 Å². The minimum atomic E-state index is 0.176. The maximum atomic E-state index is 11.9. The van der Waals surface area contributed by atoms with Crippen molar-refractivity contribution in [2.45, 2.75) is 13.3 Å². The van der Waals surface area contributed by atoms with Gasteiger partial charge in [0, 0.05) is 18.7 Å². The number of rotatable bonds is 1. The van der Waals surface area contributed by atoms with E-state index in [9.17, 15) is 4.79 Å². The quantitative estimate of drug-likeness (QED) is 0.663. The summed E-state index contributed by atoms with van der Waals surface area (Å²) >= 11 is 0. The van der Waals surface area contributed by atoms with Crippen LogP contribution in [0.2, 0.25) is 0 Å². The Kier molecular flexibility index (Phi) is 2.53. The van der Waals surface area contributed by atoms with Crippen LogP contribution < -0.4 is 0 Å². The monoisotopic (exact) mass is 189 g/mol. The van der Waals surface area contributed by atoms with Gasteiger partial charge in [0.1, 0.15) is 0 Å². The Hall–Kier alpha value is -1.31. The summed E-state index contributed by atoms with van der Waals surface area (Å²) in [5.74, 6) is 0.831. The van der Waals surface area contributed by atoms with Crippen molar-refractivity contribution in [1.82, 2.24) is 4.90 Å². The summed E-state index contributed by atoms with van der Waals surface area (Å²) in [6, 6.07) is 9.51. The van der Waals surface area contributed by atoms with Crippen molar-refractivity contribution in [2.24, 2.45) is 5.92 Å². The summed E-state index contributed by atoms with van der Waals surface area (Å²) < 4.78 is 0. The Morgan fingerprint density at radius 2 is 2.07 bits per heavy atom. The van der Waals surface area contributed by atoms with Gasteiger partial charge in [0.25, 0.3) is 5.91 Å². The number of benzene rings is 1. The molecule has 0 aliphatic carbocycles. The molecule has 0 bridgehead atoms. The zero-order valence-electron chi connectivity index (χ0n) is 8.44. The van der Waals surface area contributed by atoms with Gasteiger partial charge in [-0.2, -0.15) is 0 Å². The lowest BCUT2D eigenvalue weighted by Crippen LogP contribution is -2.28. The average molecular weight is 189 g/mol. The lowest BCUT2D eigenvalue weighted by molar-refractivity contribution is 0.0788. The first-order valence-electron chi connectivity index (χ1n) is 5.11. The van der Waals surface area contributed by atoms with Crippen molar-refractivity contribution in [3.8, 4) is 0 Å². The Balaban J connectivity index is 2.10. The van der Waals surface area contributed by atoms with Crippen molar-refractivity contribution in [1.29, 1.82) is 0 Å². The van der Waals surface area contributed by atoms with Crippen molar-refractivity contribution in [3.05, 3.63) is 35.9 Å². The molecule has 0 aromatic heterocycles. The summed E-state index contributed by atoms with van der Waals surface area (Å²) in [5, 5.41) is 0. The molecule has 1 aromatic carbocycles. The molecule has 1 saturated heterocycles. The molecule has 1 heterocycles. The molecule has 2 nitrogen and oxygen atoms in total. The first kappa shape index (κ1) is 9.25. The maximum absolute atomic E-state index is 11.9. The van der Waals surface area contributed by atoms with Crippen molar-refractivity contribution in [2.75, 3.05) is 13.1 Å². The predicted octanol–water partition coefficient (Wildman–Crippen LogP) is 2.17. The van der Waals surface area contributed by atoms with Crippen LogP contribution in [0, 0.1) is 5.92 Å². The van der Waals surface area contributed by atoms with Gasteiger partial charge in [0.15, 0.2) is 0 Å². The molecule has 0 radical (unpaired) electrons. The van der Waals surface area contributed by atoms with Gasteiger partial charge >= 0.3 is 0 Å². The molecule has 0 spiro atoms. The van der Waals surface area contributed by atoms with Gasteiger partial charge in [-0.1, -0.05) is 25.1 Å². The first-order chi connectivity index (χ1) is 6.77. The Labute approximate surface area is 84.5 Å². The largest absolute Gasteiger partial charge is 0.338 e. The highest BCUT2D eigenvalue weighted by Crippen LogP contribution is 2.17. The van der Waals surface area contributed by atoms with Crippen LogP contribution >= 0.6 is 0 Å². The third-order valence-electron chi connectivity index (χ3n) is 2.73. The highest BCUT2D eigenvalue weighted by molar-refractivity contribution is 5.94. The molecular formula is C12H15NO. The van der Waals surface area contributed by atoms with Crippen LogP contribution in [0.25, 0.3) is 0 Å². The van der Waals surface area contributed by atoms with Crippen LogP contribution in [-0.4, -0.2) is 23.9 Å². The Morgan fingerprint density at radius 3 is 2.64 bits per heavy atom. The lowest BCUT2D eigenvalue weighted by Gasteiger charge is -2.15. The van der Waals surface area contributed by atoms with E-state index in [1.165, 1.54) is 0 Å². The summed E-state index contributed by atoms with van der Waals surface area (Å²) in [6.07, 6.45) is 1.14. The standard InChI is InChI=1S/C12H15NO/c1-10-7-8-13(9-10)12(14)11-5-3-2-4-6-11/h2-6,10H,7-9H2,1H3/t10-/m1/s1. The van der Waals surface area contributed by atoms with Gasteiger partial charge in [0.2, 0.25) is 0 Å². The summed E-state index contributed by atoms with van der Waals surface area (Å²) in [6.45, 7) is 4.01. The number of carbonyl (C=O) groups is 1. The molecule has 14 heavy (non-hydrogen) atoms. The average Bonchev–Trinajstić information content (AvgIpc) is 2.65. The minimum Gasteiger partial charge on any atom is -0.338 e. The molecule has 1 fully saturated rings. The fourth-order valence-electron chi connectivity index (χ4n) is 1.88. The number of carbonyl (C=O) groups excluding carboxylic acids is 1. The number of nitrogens with zero attached hydrogens (tertiary/aromatic N) is 1. The van der Waals surface area contributed by atoms with Gasteiger partial charge in [-0.15, -0.1) is 0 Å². The molecule has 2 rings (SSSR count). The molecule has 1 amide bonds. The topological polar surface area (TPSA) is 20.3 Å². The SMILES string of the molecule is C[C@@H]1CCN(C(=O)c2ccccc2)C1. The van der Waals surface area contributed by atoms with E-state index in [1.54, 1.807) is 0 Å². The molecule has 74 valence electrons. The van der Waals surface area contributed by atoms with Crippen LogP contribution in [0.5, 0.6) is 0 Å². The highest BCUT2D eigenvalue weighted by atomic mass is 16.2. The summed E-state index contributed by atoms with van der Waals surface area (Å²) in [7, 11) is 0. The van der Waals surface area contributed by atoms with Gasteiger partial charge in [-0.3, -0.25) is 4.79 Å². The van der Waals surface area contributed by atoms with E-state index in [-0.39, 0.29) is 5.91 Å². The maximum Gasteiger partial charge on any atom is 0.253 e. The molecule has 0 N–H and O–H groups in total. The van der Waals surface area contributed by atoms with Crippen molar-refractivity contribution < 1.29 is 4.79 Å². The van der Waals surface area contributed by atoms with Crippen LogP contribution in [-0.2, 0) is 0 Å². The van der Waals surface area contributed by atoms with E-state index in [2.05, 4.69) is 6.92 Å². The zero-order chi connectivity index (χ0) is 9.97. The smallest absolute Gasteiger partial charge is 0.253 e. The van der Waals surface area contributed by atoms with Gasteiger partial charge in [0.05, 0.1) is 0 Å². The van der Waals surface area contributed by atoms with Crippen LogP contribution in [0.15, 0.2) is 30.3 Å². The molecule has 2 heteroatoms. The fraction of sp³-hybridized carbons (Fsp3) is 0.417. The predicted molar refractivity (Wildman–Crippen MR) is 56.1 cm³/mol. The van der Waals surface area contributed by atoms with E-state index in [4.69, 9.17) is 0 Å². The van der Waals surface area contributed by atoms with Crippen LogP contribution in [0.3, 0.4) is 0 Å². The molecule has 1 aliphatic rings. The Morgan fingerprint density at radius 1 is 1.36 bits per heavy atom. The van der Waals surface area contributed by atoms with E-state index >= 15 is 0 Å². The normalized spacial score (nSPS) is 21.2. The lowest BCUT2D eigenvalue weighted by atomic mass is 10.2.